The van der Waals surface area contributed by atoms with E-state index in [1.165, 1.54) is 12.8 Å². The summed E-state index contributed by atoms with van der Waals surface area (Å²) in [5, 5.41) is 0. The van der Waals surface area contributed by atoms with Crippen LogP contribution >= 0.6 is 0 Å². The number of rotatable bonds is 7. The van der Waals surface area contributed by atoms with Crippen LogP contribution in [0.5, 0.6) is 11.5 Å². The van der Waals surface area contributed by atoms with Gasteiger partial charge in [0.1, 0.15) is 11.5 Å². The van der Waals surface area contributed by atoms with Gasteiger partial charge in [-0.25, -0.2) is 0 Å². The number of hydrogen-bond acceptors (Lipinski definition) is 3. The Labute approximate surface area is 103 Å². The summed E-state index contributed by atoms with van der Waals surface area (Å²) in [6.07, 6.45) is 3.58. The summed E-state index contributed by atoms with van der Waals surface area (Å²) in [6, 6.07) is 7.82. The lowest BCUT2D eigenvalue weighted by atomic mass is 10.0. The van der Waals surface area contributed by atoms with Crippen molar-refractivity contribution >= 4 is 0 Å². The SMILES string of the molecule is CCOc1ccc(OCC2(CCN)CC2)cc1. The van der Waals surface area contributed by atoms with E-state index in [0.717, 1.165) is 31.1 Å². The van der Waals surface area contributed by atoms with Gasteiger partial charge in [0.05, 0.1) is 13.2 Å². The molecular formula is C14H21NO2. The molecule has 1 aromatic rings. The zero-order valence-corrected chi connectivity index (χ0v) is 10.4. The van der Waals surface area contributed by atoms with Gasteiger partial charge in [0, 0.05) is 5.41 Å². The van der Waals surface area contributed by atoms with E-state index in [1.807, 2.05) is 31.2 Å². The average Bonchev–Trinajstić information content (AvgIpc) is 3.10. The van der Waals surface area contributed by atoms with Gasteiger partial charge in [0.15, 0.2) is 0 Å². The molecule has 1 aromatic carbocycles. The molecule has 0 heterocycles. The first kappa shape index (κ1) is 12.2. The smallest absolute Gasteiger partial charge is 0.119 e. The van der Waals surface area contributed by atoms with Crippen molar-refractivity contribution in [1.29, 1.82) is 0 Å². The third-order valence-electron chi connectivity index (χ3n) is 3.31. The third kappa shape index (κ3) is 3.37. The maximum atomic E-state index is 5.81. The molecular weight excluding hydrogens is 214 g/mol. The molecule has 0 unspecified atom stereocenters. The van der Waals surface area contributed by atoms with E-state index in [-0.39, 0.29) is 0 Å². The van der Waals surface area contributed by atoms with E-state index >= 15 is 0 Å². The van der Waals surface area contributed by atoms with Gasteiger partial charge in [-0.3, -0.25) is 0 Å². The fourth-order valence-electron chi connectivity index (χ4n) is 1.98. The normalized spacial score (nSPS) is 16.6. The standard InChI is InChI=1S/C14H21NO2/c1-2-16-12-3-5-13(6-4-12)17-11-14(7-8-14)9-10-15/h3-6H,2,7-11,15H2,1H3. The Bertz CT molecular complexity index is 344. The molecule has 94 valence electrons. The van der Waals surface area contributed by atoms with Crippen molar-refractivity contribution < 1.29 is 9.47 Å². The van der Waals surface area contributed by atoms with Gasteiger partial charge in [0.25, 0.3) is 0 Å². The molecule has 1 aliphatic carbocycles. The van der Waals surface area contributed by atoms with Crippen LogP contribution in [0.1, 0.15) is 26.2 Å². The zero-order valence-electron chi connectivity index (χ0n) is 10.4. The first-order chi connectivity index (χ1) is 8.28. The van der Waals surface area contributed by atoms with Crippen LogP contribution in [-0.2, 0) is 0 Å². The summed E-state index contributed by atoms with van der Waals surface area (Å²) >= 11 is 0. The third-order valence-corrected chi connectivity index (χ3v) is 3.31. The topological polar surface area (TPSA) is 44.5 Å². The second kappa shape index (κ2) is 5.41. The summed E-state index contributed by atoms with van der Waals surface area (Å²) in [5.41, 5.74) is 5.97. The first-order valence-corrected chi connectivity index (χ1v) is 6.34. The highest BCUT2D eigenvalue weighted by Gasteiger charge is 2.42. The molecule has 17 heavy (non-hydrogen) atoms. The second-order valence-corrected chi connectivity index (χ2v) is 4.73. The summed E-state index contributed by atoms with van der Waals surface area (Å²) in [4.78, 5) is 0. The quantitative estimate of drug-likeness (QED) is 0.790. The molecule has 0 spiro atoms. The van der Waals surface area contributed by atoms with Gasteiger partial charge in [-0.1, -0.05) is 0 Å². The molecule has 0 atom stereocenters. The van der Waals surface area contributed by atoms with E-state index in [2.05, 4.69) is 0 Å². The van der Waals surface area contributed by atoms with Crippen molar-refractivity contribution in [1.82, 2.24) is 0 Å². The van der Waals surface area contributed by atoms with Gasteiger partial charge in [0.2, 0.25) is 0 Å². The molecule has 1 saturated carbocycles. The minimum atomic E-state index is 0.368. The number of hydrogen-bond donors (Lipinski definition) is 1. The van der Waals surface area contributed by atoms with Gasteiger partial charge >= 0.3 is 0 Å². The van der Waals surface area contributed by atoms with E-state index in [0.29, 0.717) is 12.0 Å². The molecule has 2 N–H and O–H groups in total. The lowest BCUT2D eigenvalue weighted by Crippen LogP contribution is -2.17. The molecule has 0 amide bonds. The molecule has 1 aliphatic rings. The molecule has 0 aliphatic heterocycles. The van der Waals surface area contributed by atoms with E-state index in [9.17, 15) is 0 Å². The van der Waals surface area contributed by atoms with Crippen molar-refractivity contribution in [3.63, 3.8) is 0 Å². The van der Waals surface area contributed by atoms with E-state index < -0.39 is 0 Å². The molecule has 3 heteroatoms. The molecule has 2 rings (SSSR count). The predicted molar refractivity (Wildman–Crippen MR) is 68.4 cm³/mol. The van der Waals surface area contributed by atoms with Crippen molar-refractivity contribution in [3.05, 3.63) is 24.3 Å². The van der Waals surface area contributed by atoms with Crippen LogP contribution in [0.4, 0.5) is 0 Å². The van der Waals surface area contributed by atoms with Crippen molar-refractivity contribution in [2.24, 2.45) is 11.1 Å². The lowest BCUT2D eigenvalue weighted by Gasteiger charge is -2.15. The molecule has 0 aromatic heterocycles. The monoisotopic (exact) mass is 235 g/mol. The Kier molecular flexibility index (Phi) is 3.89. The average molecular weight is 235 g/mol. The zero-order chi connectivity index (χ0) is 12.1. The van der Waals surface area contributed by atoms with Gasteiger partial charge in [-0.2, -0.15) is 0 Å². The van der Waals surface area contributed by atoms with Crippen LogP contribution in [0.15, 0.2) is 24.3 Å². The Hall–Kier alpha value is -1.22. The Morgan fingerprint density at radius 3 is 2.18 bits per heavy atom. The van der Waals surface area contributed by atoms with Crippen molar-refractivity contribution in [3.8, 4) is 11.5 Å². The second-order valence-electron chi connectivity index (χ2n) is 4.73. The highest BCUT2D eigenvalue weighted by Crippen LogP contribution is 2.48. The largest absolute Gasteiger partial charge is 0.494 e. The fraction of sp³-hybridized carbons (Fsp3) is 0.571. The number of nitrogens with two attached hydrogens (primary N) is 1. The molecule has 3 nitrogen and oxygen atoms in total. The number of ether oxygens (including phenoxy) is 2. The minimum Gasteiger partial charge on any atom is -0.494 e. The van der Waals surface area contributed by atoms with Crippen LogP contribution in [0.2, 0.25) is 0 Å². The van der Waals surface area contributed by atoms with Crippen LogP contribution in [0, 0.1) is 5.41 Å². The van der Waals surface area contributed by atoms with Crippen molar-refractivity contribution in [2.45, 2.75) is 26.2 Å². The molecule has 0 radical (unpaired) electrons. The Morgan fingerprint density at radius 1 is 1.12 bits per heavy atom. The lowest BCUT2D eigenvalue weighted by molar-refractivity contribution is 0.226. The van der Waals surface area contributed by atoms with E-state index in [1.54, 1.807) is 0 Å². The van der Waals surface area contributed by atoms with Crippen LogP contribution in [-0.4, -0.2) is 19.8 Å². The van der Waals surface area contributed by atoms with E-state index in [4.69, 9.17) is 15.2 Å². The Morgan fingerprint density at radius 2 is 1.71 bits per heavy atom. The van der Waals surface area contributed by atoms with Crippen LogP contribution in [0.25, 0.3) is 0 Å². The molecule has 1 fully saturated rings. The minimum absolute atomic E-state index is 0.368. The summed E-state index contributed by atoms with van der Waals surface area (Å²) < 4.78 is 11.2. The maximum absolute atomic E-state index is 5.81. The fourth-order valence-corrected chi connectivity index (χ4v) is 1.98. The van der Waals surface area contributed by atoms with Gasteiger partial charge in [-0.15, -0.1) is 0 Å². The Balaban J connectivity index is 1.83. The van der Waals surface area contributed by atoms with Gasteiger partial charge < -0.3 is 15.2 Å². The molecule has 0 bridgehead atoms. The summed E-state index contributed by atoms with van der Waals surface area (Å²) in [7, 11) is 0. The van der Waals surface area contributed by atoms with Crippen molar-refractivity contribution in [2.75, 3.05) is 19.8 Å². The predicted octanol–water partition coefficient (Wildman–Crippen LogP) is 2.59. The summed E-state index contributed by atoms with van der Waals surface area (Å²) in [5.74, 6) is 1.81. The maximum Gasteiger partial charge on any atom is 0.119 e. The van der Waals surface area contributed by atoms with Crippen LogP contribution in [0.3, 0.4) is 0 Å². The van der Waals surface area contributed by atoms with Crippen LogP contribution < -0.4 is 15.2 Å². The summed E-state index contributed by atoms with van der Waals surface area (Å²) in [6.45, 7) is 4.22. The van der Waals surface area contributed by atoms with Gasteiger partial charge in [-0.05, 0) is 57.0 Å². The molecule has 0 saturated heterocycles. The highest BCUT2D eigenvalue weighted by atomic mass is 16.5. The highest BCUT2D eigenvalue weighted by molar-refractivity contribution is 5.31. The number of benzene rings is 1. The first-order valence-electron chi connectivity index (χ1n) is 6.34.